The van der Waals surface area contributed by atoms with Crippen LogP contribution in [0, 0.1) is 17.5 Å². The molecule has 2 rings (SSSR count). The molecular formula is C10H8FN3S. The average Bonchev–Trinajstić information content (AvgIpc) is 2.23. The van der Waals surface area contributed by atoms with E-state index in [0.29, 0.717) is 11.3 Å². The number of aryl methyl sites for hydroxylation is 1. The molecule has 0 saturated heterocycles. The molecule has 0 aliphatic heterocycles. The molecule has 0 bridgehead atoms. The molecule has 0 radical (unpaired) electrons. The number of aromatic amines is 1. The van der Waals surface area contributed by atoms with Gasteiger partial charge in [-0.25, -0.2) is 9.37 Å². The minimum atomic E-state index is -0.431. The second-order valence-electron chi connectivity index (χ2n) is 3.10. The zero-order chi connectivity index (χ0) is 10.8. The van der Waals surface area contributed by atoms with E-state index in [1.54, 1.807) is 12.4 Å². The van der Waals surface area contributed by atoms with Crippen molar-refractivity contribution in [3.63, 3.8) is 0 Å². The van der Waals surface area contributed by atoms with Crippen molar-refractivity contribution in [1.29, 1.82) is 0 Å². The summed E-state index contributed by atoms with van der Waals surface area (Å²) in [5, 5.41) is 0. The summed E-state index contributed by atoms with van der Waals surface area (Å²) in [5.41, 5.74) is 1.96. The topological polar surface area (TPSA) is 41.6 Å². The van der Waals surface area contributed by atoms with E-state index < -0.39 is 5.82 Å². The number of rotatable bonds is 1. The Morgan fingerprint density at radius 1 is 1.40 bits per heavy atom. The van der Waals surface area contributed by atoms with Gasteiger partial charge in [-0.2, -0.15) is 0 Å². The Labute approximate surface area is 91.0 Å². The lowest BCUT2D eigenvalue weighted by Gasteiger charge is -2.05. The Bertz CT molecular complexity index is 550. The van der Waals surface area contributed by atoms with Crippen LogP contribution in [0.2, 0.25) is 0 Å². The number of pyridine rings is 1. The number of hydrogen-bond donors (Lipinski definition) is 1. The van der Waals surface area contributed by atoms with Crippen molar-refractivity contribution in [3.8, 4) is 11.3 Å². The molecule has 0 aliphatic rings. The fraction of sp³-hybridized carbons (Fsp3) is 0.100. The molecule has 0 fully saturated rings. The zero-order valence-electron chi connectivity index (χ0n) is 7.99. The fourth-order valence-corrected chi connectivity index (χ4v) is 1.46. The number of aromatic nitrogens is 3. The molecule has 15 heavy (non-hydrogen) atoms. The van der Waals surface area contributed by atoms with Gasteiger partial charge in [0.1, 0.15) is 0 Å². The number of H-pyrrole nitrogens is 1. The van der Waals surface area contributed by atoms with Crippen LogP contribution in [0.1, 0.15) is 5.56 Å². The molecule has 0 saturated carbocycles. The van der Waals surface area contributed by atoms with Gasteiger partial charge in [0, 0.05) is 18.0 Å². The molecule has 2 aromatic rings. The summed E-state index contributed by atoms with van der Waals surface area (Å²) in [6.07, 6.45) is 4.37. The predicted octanol–water partition coefficient (Wildman–Crippen LogP) is 2.65. The molecule has 0 atom stereocenters. The summed E-state index contributed by atoms with van der Waals surface area (Å²) in [4.78, 5) is 10.3. The lowest BCUT2D eigenvalue weighted by Crippen LogP contribution is -1.94. The second-order valence-corrected chi connectivity index (χ2v) is 3.49. The van der Waals surface area contributed by atoms with Crippen LogP contribution in [-0.2, 0) is 0 Å². The summed E-state index contributed by atoms with van der Waals surface area (Å²) >= 11 is 4.85. The average molecular weight is 221 g/mol. The van der Waals surface area contributed by atoms with E-state index in [4.69, 9.17) is 12.2 Å². The summed E-state index contributed by atoms with van der Waals surface area (Å²) in [7, 11) is 0. The summed E-state index contributed by atoms with van der Waals surface area (Å²) in [5.74, 6) is -0.431. The first-order valence-corrected chi connectivity index (χ1v) is 4.75. The number of hydrogen-bond acceptors (Lipinski definition) is 3. The van der Waals surface area contributed by atoms with Crippen molar-refractivity contribution in [1.82, 2.24) is 15.0 Å². The maximum atomic E-state index is 13.5. The Morgan fingerprint density at radius 2 is 2.20 bits per heavy atom. The molecule has 0 amide bonds. The van der Waals surface area contributed by atoms with Crippen molar-refractivity contribution >= 4 is 12.2 Å². The van der Waals surface area contributed by atoms with Crippen LogP contribution in [0.5, 0.6) is 0 Å². The Hall–Kier alpha value is -1.62. The minimum Gasteiger partial charge on any atom is -0.328 e. The third-order valence-electron chi connectivity index (χ3n) is 2.07. The largest absolute Gasteiger partial charge is 0.328 e. The summed E-state index contributed by atoms with van der Waals surface area (Å²) < 4.78 is 13.7. The Balaban J connectivity index is 2.69. The summed E-state index contributed by atoms with van der Waals surface area (Å²) in [6.45, 7) is 1.88. The van der Waals surface area contributed by atoms with Gasteiger partial charge in [0.05, 0.1) is 11.9 Å². The Kier molecular flexibility index (Phi) is 2.55. The molecule has 0 aromatic carbocycles. The predicted molar refractivity (Wildman–Crippen MR) is 57.3 cm³/mol. The van der Waals surface area contributed by atoms with Gasteiger partial charge in [0.25, 0.3) is 0 Å². The molecule has 5 heteroatoms. The molecule has 1 N–H and O–H groups in total. The lowest BCUT2D eigenvalue weighted by molar-refractivity contribution is 0.616. The van der Waals surface area contributed by atoms with Crippen molar-refractivity contribution in [2.45, 2.75) is 6.92 Å². The van der Waals surface area contributed by atoms with E-state index in [0.717, 1.165) is 11.8 Å². The van der Waals surface area contributed by atoms with E-state index in [9.17, 15) is 4.39 Å². The number of halogens is 1. The maximum absolute atomic E-state index is 13.5. The first-order valence-electron chi connectivity index (χ1n) is 4.34. The molecule has 2 heterocycles. The van der Waals surface area contributed by atoms with Gasteiger partial charge >= 0.3 is 0 Å². The highest BCUT2D eigenvalue weighted by Crippen LogP contribution is 2.21. The standard InChI is InChI=1S/C10H8FN3S/c1-6-2-3-12-4-7(6)9-8(11)5-13-10(15)14-9/h2-5H,1H3,(H,13,14,15). The van der Waals surface area contributed by atoms with Crippen LogP contribution in [-0.4, -0.2) is 15.0 Å². The van der Waals surface area contributed by atoms with E-state index in [1.165, 1.54) is 0 Å². The van der Waals surface area contributed by atoms with Crippen molar-refractivity contribution < 1.29 is 4.39 Å². The third kappa shape index (κ3) is 1.92. The van der Waals surface area contributed by atoms with E-state index in [1.807, 2.05) is 13.0 Å². The summed E-state index contributed by atoms with van der Waals surface area (Å²) in [6, 6.07) is 1.81. The third-order valence-corrected chi connectivity index (χ3v) is 2.28. The SMILES string of the molecule is Cc1ccncc1-c1[nH]c(=S)ncc1F. The van der Waals surface area contributed by atoms with Crippen molar-refractivity contribution in [3.05, 3.63) is 40.8 Å². The first kappa shape index (κ1) is 9.92. The number of nitrogens with zero attached hydrogens (tertiary/aromatic N) is 2. The van der Waals surface area contributed by atoms with Crippen molar-refractivity contribution in [2.75, 3.05) is 0 Å². The quantitative estimate of drug-likeness (QED) is 0.753. The van der Waals surface area contributed by atoms with Gasteiger partial charge in [-0.05, 0) is 30.8 Å². The van der Waals surface area contributed by atoms with E-state index in [-0.39, 0.29) is 4.77 Å². The molecule has 76 valence electrons. The highest BCUT2D eigenvalue weighted by molar-refractivity contribution is 7.71. The molecular weight excluding hydrogens is 213 g/mol. The minimum absolute atomic E-state index is 0.259. The molecule has 0 spiro atoms. The molecule has 3 nitrogen and oxygen atoms in total. The fourth-order valence-electron chi connectivity index (χ4n) is 1.30. The number of nitrogens with one attached hydrogen (secondary N) is 1. The highest BCUT2D eigenvalue weighted by Gasteiger charge is 2.08. The van der Waals surface area contributed by atoms with Crippen LogP contribution >= 0.6 is 12.2 Å². The zero-order valence-corrected chi connectivity index (χ0v) is 8.81. The highest BCUT2D eigenvalue weighted by atomic mass is 32.1. The van der Waals surface area contributed by atoms with Gasteiger partial charge < -0.3 is 4.98 Å². The molecule has 2 aromatic heterocycles. The monoisotopic (exact) mass is 221 g/mol. The van der Waals surface area contributed by atoms with Gasteiger partial charge in [0.15, 0.2) is 10.6 Å². The van der Waals surface area contributed by atoms with Crippen LogP contribution in [0.4, 0.5) is 4.39 Å². The smallest absolute Gasteiger partial charge is 0.197 e. The second kappa shape index (κ2) is 3.86. The molecule has 0 unspecified atom stereocenters. The van der Waals surface area contributed by atoms with E-state index >= 15 is 0 Å². The van der Waals surface area contributed by atoms with Crippen LogP contribution in [0.3, 0.4) is 0 Å². The maximum Gasteiger partial charge on any atom is 0.197 e. The van der Waals surface area contributed by atoms with Gasteiger partial charge in [0.2, 0.25) is 0 Å². The molecule has 0 aliphatic carbocycles. The normalized spacial score (nSPS) is 10.3. The van der Waals surface area contributed by atoms with Crippen LogP contribution in [0.25, 0.3) is 11.3 Å². The first-order chi connectivity index (χ1) is 7.18. The van der Waals surface area contributed by atoms with Gasteiger partial charge in [-0.15, -0.1) is 0 Å². The van der Waals surface area contributed by atoms with Crippen LogP contribution < -0.4 is 0 Å². The lowest BCUT2D eigenvalue weighted by atomic mass is 10.1. The van der Waals surface area contributed by atoms with Crippen LogP contribution in [0.15, 0.2) is 24.7 Å². The van der Waals surface area contributed by atoms with Gasteiger partial charge in [-0.1, -0.05) is 0 Å². The van der Waals surface area contributed by atoms with E-state index in [2.05, 4.69) is 15.0 Å². The van der Waals surface area contributed by atoms with Gasteiger partial charge in [-0.3, -0.25) is 4.98 Å². The Morgan fingerprint density at radius 3 is 2.93 bits per heavy atom. The van der Waals surface area contributed by atoms with Crippen molar-refractivity contribution in [2.24, 2.45) is 0 Å².